The number of fused-ring (bicyclic) bond motifs is 2. The van der Waals surface area contributed by atoms with Crippen LogP contribution in [0.5, 0.6) is 0 Å². The van der Waals surface area contributed by atoms with E-state index in [1.165, 1.54) is 6.07 Å². The van der Waals surface area contributed by atoms with E-state index < -0.39 is 23.0 Å². The molecular weight excluding hydrogens is 513 g/mol. The Morgan fingerprint density at radius 3 is 2.51 bits per heavy atom. The monoisotopic (exact) mass is 540 g/mol. The van der Waals surface area contributed by atoms with Gasteiger partial charge in [-0.2, -0.15) is 13.2 Å². The summed E-state index contributed by atoms with van der Waals surface area (Å²) in [6.07, 6.45) is -2.41. The molecule has 1 saturated heterocycles. The second kappa shape index (κ2) is 12.2. The predicted octanol–water partition coefficient (Wildman–Crippen LogP) is 4.27. The van der Waals surface area contributed by atoms with E-state index in [4.69, 9.17) is 19.9 Å². The van der Waals surface area contributed by atoms with E-state index in [0.29, 0.717) is 53.9 Å². The van der Waals surface area contributed by atoms with Gasteiger partial charge in [-0.25, -0.2) is 14.6 Å². The number of carbonyl (C=O) groups is 2. The number of amidine groups is 1. The molecule has 0 radical (unpaired) electrons. The lowest BCUT2D eigenvalue weighted by Crippen LogP contribution is -2.53. The third kappa shape index (κ3) is 7.54. The third-order valence-electron chi connectivity index (χ3n) is 5.73. The first-order chi connectivity index (χ1) is 17.5. The van der Waals surface area contributed by atoms with Gasteiger partial charge in [0.25, 0.3) is 0 Å². The van der Waals surface area contributed by atoms with Crippen LogP contribution in [0, 0.1) is 0 Å². The Hall–Kier alpha value is -3.42. The van der Waals surface area contributed by atoms with Gasteiger partial charge in [0.15, 0.2) is 0 Å². The normalized spacial score (nSPS) is 17.6. The van der Waals surface area contributed by atoms with Gasteiger partial charge in [-0.05, 0) is 31.7 Å². The number of ether oxygens (including phenoxy) is 1. The van der Waals surface area contributed by atoms with Crippen molar-refractivity contribution < 1.29 is 37.7 Å². The molecule has 0 saturated carbocycles. The lowest BCUT2D eigenvalue weighted by Gasteiger charge is -2.40. The van der Waals surface area contributed by atoms with Crippen LogP contribution < -0.4 is 5.32 Å². The van der Waals surface area contributed by atoms with Crippen molar-refractivity contribution in [3.63, 3.8) is 0 Å². The number of carboxylic acid groups (broad SMARTS) is 2. The van der Waals surface area contributed by atoms with Crippen LogP contribution in [0.2, 0.25) is 0 Å². The van der Waals surface area contributed by atoms with Crippen LogP contribution in [0.25, 0.3) is 0 Å². The number of aliphatic carboxylic acids is 2. The number of para-hydroxylation sites is 2. The zero-order chi connectivity index (χ0) is 27.2. The number of likely N-dealkylation sites (N-methyl/N-ethyl adjacent to an activating group) is 1. The van der Waals surface area contributed by atoms with Crippen LogP contribution in [0.3, 0.4) is 0 Å². The van der Waals surface area contributed by atoms with Crippen LogP contribution in [-0.2, 0) is 20.5 Å². The van der Waals surface area contributed by atoms with Crippen molar-refractivity contribution in [2.45, 2.75) is 18.6 Å². The SMILES string of the molecule is COCC[C@H]1CN(C2=Nc3ccccc3Nc3sc(C(F)(F)F)cc32)CCN1C.O=C(O)C=CC(=O)O. The van der Waals surface area contributed by atoms with E-state index in [2.05, 4.69) is 22.2 Å². The Bertz CT molecular complexity index is 1170. The number of piperazine rings is 1. The van der Waals surface area contributed by atoms with Crippen LogP contribution in [0.1, 0.15) is 16.9 Å². The van der Waals surface area contributed by atoms with Gasteiger partial charge >= 0.3 is 18.1 Å². The fourth-order valence-corrected chi connectivity index (χ4v) is 4.78. The van der Waals surface area contributed by atoms with E-state index in [-0.39, 0.29) is 6.04 Å². The zero-order valence-corrected chi connectivity index (χ0v) is 21.0. The molecular formula is C24H27F3N4O5S. The number of nitrogens with one attached hydrogen (secondary N) is 1. The molecule has 3 heterocycles. The highest BCUT2D eigenvalue weighted by Gasteiger charge is 2.37. The Balaban J connectivity index is 0.000000414. The molecule has 4 rings (SSSR count). The van der Waals surface area contributed by atoms with Crippen molar-refractivity contribution >= 4 is 45.5 Å². The maximum Gasteiger partial charge on any atom is 0.425 e. The average molecular weight is 541 g/mol. The molecule has 1 aromatic carbocycles. The molecule has 200 valence electrons. The fourth-order valence-electron chi connectivity index (χ4n) is 3.85. The number of anilines is 2. The minimum Gasteiger partial charge on any atom is -0.478 e. The van der Waals surface area contributed by atoms with Crippen molar-refractivity contribution in [3.8, 4) is 0 Å². The number of rotatable bonds is 5. The minimum absolute atomic E-state index is 0.252. The lowest BCUT2D eigenvalue weighted by atomic mass is 10.1. The summed E-state index contributed by atoms with van der Waals surface area (Å²) in [5.74, 6) is -1.92. The quantitative estimate of drug-likeness (QED) is 0.482. The summed E-state index contributed by atoms with van der Waals surface area (Å²) >= 11 is 0.728. The summed E-state index contributed by atoms with van der Waals surface area (Å²) in [5, 5.41) is 19.3. The number of benzene rings is 1. The van der Waals surface area contributed by atoms with Gasteiger partial charge in [-0.3, -0.25) is 4.90 Å². The molecule has 37 heavy (non-hydrogen) atoms. The van der Waals surface area contributed by atoms with Gasteiger partial charge in [0.1, 0.15) is 15.7 Å². The first-order valence-electron chi connectivity index (χ1n) is 11.2. The Labute approximate surface area is 215 Å². The van der Waals surface area contributed by atoms with E-state index in [1.807, 2.05) is 24.3 Å². The van der Waals surface area contributed by atoms with Crippen molar-refractivity contribution in [2.75, 3.05) is 45.7 Å². The smallest absolute Gasteiger partial charge is 0.425 e. The van der Waals surface area contributed by atoms with Crippen molar-refractivity contribution in [1.29, 1.82) is 0 Å². The van der Waals surface area contributed by atoms with Gasteiger partial charge in [0.05, 0.1) is 16.9 Å². The number of alkyl halides is 3. The standard InChI is InChI=1S/C20H23F3N4OS.C4H4O4/c1-26-8-9-27(12-13(26)7-10-28-2)18-14-11-17(20(21,22)23)29-19(14)25-16-6-4-3-5-15(16)24-18;5-3(6)1-2-4(7)8/h3-6,11,13,25H,7-10,12H2,1-2H3;1-2H,(H,5,6)(H,7,8)/t13-;/m0./s1. The number of aliphatic imine (C=N–C) groups is 1. The van der Waals surface area contributed by atoms with Gasteiger partial charge < -0.3 is 25.2 Å². The summed E-state index contributed by atoms with van der Waals surface area (Å²) in [5.41, 5.74) is 1.95. The molecule has 2 aromatic rings. The second-order valence-electron chi connectivity index (χ2n) is 8.30. The minimum atomic E-state index is -4.38. The van der Waals surface area contributed by atoms with Crippen LogP contribution in [0.15, 0.2) is 47.5 Å². The summed E-state index contributed by atoms with van der Waals surface area (Å²) in [6.45, 7) is 2.85. The molecule has 9 nitrogen and oxygen atoms in total. The molecule has 0 amide bonds. The molecule has 0 bridgehead atoms. The molecule has 0 spiro atoms. The van der Waals surface area contributed by atoms with Crippen molar-refractivity contribution in [1.82, 2.24) is 9.80 Å². The first-order valence-corrected chi connectivity index (χ1v) is 12.1. The highest BCUT2D eigenvalue weighted by Crippen LogP contribution is 2.44. The molecule has 0 unspecified atom stereocenters. The van der Waals surface area contributed by atoms with Gasteiger partial charge in [0.2, 0.25) is 0 Å². The molecule has 1 fully saturated rings. The van der Waals surface area contributed by atoms with Crippen molar-refractivity contribution in [2.24, 2.45) is 4.99 Å². The highest BCUT2D eigenvalue weighted by atomic mass is 32.1. The Morgan fingerprint density at radius 1 is 1.22 bits per heavy atom. The second-order valence-corrected chi connectivity index (χ2v) is 9.35. The molecule has 3 N–H and O–H groups in total. The number of hydrogen-bond acceptors (Lipinski definition) is 8. The van der Waals surface area contributed by atoms with E-state index >= 15 is 0 Å². The summed E-state index contributed by atoms with van der Waals surface area (Å²) in [4.78, 5) is 27.7. The third-order valence-corrected chi connectivity index (χ3v) is 6.83. The van der Waals surface area contributed by atoms with Crippen LogP contribution in [-0.4, -0.2) is 84.2 Å². The molecule has 2 aliphatic heterocycles. The van der Waals surface area contributed by atoms with Crippen LogP contribution in [0.4, 0.5) is 29.5 Å². The van der Waals surface area contributed by atoms with Gasteiger partial charge in [-0.1, -0.05) is 12.1 Å². The van der Waals surface area contributed by atoms with E-state index in [9.17, 15) is 22.8 Å². The highest BCUT2D eigenvalue weighted by molar-refractivity contribution is 7.16. The largest absolute Gasteiger partial charge is 0.478 e. The van der Waals surface area contributed by atoms with Crippen molar-refractivity contribution in [3.05, 3.63) is 52.9 Å². The van der Waals surface area contributed by atoms with Gasteiger partial charge in [-0.15, -0.1) is 11.3 Å². The van der Waals surface area contributed by atoms with Crippen LogP contribution >= 0.6 is 11.3 Å². The number of nitrogens with zero attached hydrogens (tertiary/aromatic N) is 3. The summed E-state index contributed by atoms with van der Waals surface area (Å²) in [7, 11) is 3.75. The molecule has 1 aromatic heterocycles. The number of halogens is 3. The van der Waals surface area contributed by atoms with E-state index in [0.717, 1.165) is 30.0 Å². The molecule has 1 atom stereocenters. The zero-order valence-electron chi connectivity index (χ0n) is 20.2. The Morgan fingerprint density at radius 2 is 1.89 bits per heavy atom. The predicted molar refractivity (Wildman–Crippen MR) is 134 cm³/mol. The molecule has 0 aliphatic carbocycles. The van der Waals surface area contributed by atoms with E-state index in [1.54, 1.807) is 7.11 Å². The maximum absolute atomic E-state index is 13.4. The van der Waals surface area contributed by atoms with Gasteiger partial charge in [0, 0.05) is 51.5 Å². The first kappa shape index (κ1) is 28.2. The maximum atomic E-state index is 13.4. The summed E-state index contributed by atoms with van der Waals surface area (Å²) < 4.78 is 45.4. The number of methoxy groups -OCH3 is 1. The fraction of sp³-hybridized carbons (Fsp3) is 0.375. The number of thiophene rings is 1. The number of carboxylic acids is 2. The topological polar surface area (TPSA) is 115 Å². The molecule has 13 heteroatoms. The molecule has 2 aliphatic rings. The number of hydrogen-bond donors (Lipinski definition) is 3. The summed E-state index contributed by atoms with van der Waals surface area (Å²) in [6, 6.07) is 8.92. The Kier molecular flexibility index (Phi) is 9.29. The average Bonchev–Trinajstić information content (AvgIpc) is 3.20. The lowest BCUT2D eigenvalue weighted by molar-refractivity contribution is -0.134.